The van der Waals surface area contributed by atoms with E-state index in [-0.39, 0.29) is 18.0 Å². The second kappa shape index (κ2) is 3.22. The zero-order valence-corrected chi connectivity index (χ0v) is 7.33. The van der Waals surface area contributed by atoms with Crippen LogP contribution < -0.4 is 0 Å². The average Bonchev–Trinajstić information content (AvgIpc) is 2.03. The lowest BCUT2D eigenvalue weighted by Gasteiger charge is -2.34. The summed E-state index contributed by atoms with van der Waals surface area (Å²) >= 11 is 0. The van der Waals surface area contributed by atoms with Crippen LogP contribution in [-0.2, 0) is 9.53 Å². The van der Waals surface area contributed by atoms with Gasteiger partial charge in [0.2, 0.25) is 0 Å². The smallest absolute Gasteiger partial charge is 0.312 e. The lowest BCUT2D eigenvalue weighted by molar-refractivity contribution is -0.184. The van der Waals surface area contributed by atoms with Gasteiger partial charge in [0.25, 0.3) is 0 Å². The highest BCUT2D eigenvalue weighted by atomic mass is 16.6. The van der Waals surface area contributed by atoms with Gasteiger partial charge in [0.1, 0.15) is 6.10 Å². The molecule has 0 amide bonds. The highest BCUT2D eigenvalue weighted by Gasteiger charge is 2.38. The van der Waals surface area contributed by atoms with Crippen molar-refractivity contribution in [3.8, 4) is 0 Å². The number of likely N-dealkylation sites (N-methyl/N-ethyl adjacent to an activating group) is 1. The Hall–Kier alpha value is -0.570. The number of carbonyl (C=O) groups excluding carboxylic acids is 1. The van der Waals surface area contributed by atoms with Gasteiger partial charge in [-0.1, -0.05) is 6.92 Å². The molecule has 1 aliphatic heterocycles. The average molecular weight is 157 g/mol. The van der Waals surface area contributed by atoms with Crippen molar-refractivity contribution in [3.05, 3.63) is 0 Å². The van der Waals surface area contributed by atoms with Crippen molar-refractivity contribution in [3.63, 3.8) is 0 Å². The van der Waals surface area contributed by atoms with E-state index in [1.807, 2.05) is 14.0 Å². The molecule has 0 aliphatic carbocycles. The van der Waals surface area contributed by atoms with Gasteiger partial charge in [-0.05, 0) is 20.5 Å². The number of ether oxygens (including phenoxy) is 1. The normalized spacial score (nSPS) is 30.0. The van der Waals surface area contributed by atoms with Crippen LogP contribution in [0.2, 0.25) is 0 Å². The van der Waals surface area contributed by atoms with E-state index >= 15 is 0 Å². The summed E-state index contributed by atoms with van der Waals surface area (Å²) in [5.74, 6) is 0.0449. The van der Waals surface area contributed by atoms with Crippen LogP contribution in [0.25, 0.3) is 0 Å². The van der Waals surface area contributed by atoms with Crippen LogP contribution in [0.15, 0.2) is 0 Å². The van der Waals surface area contributed by atoms with Gasteiger partial charge in [-0.25, -0.2) is 0 Å². The Morgan fingerprint density at radius 1 is 1.64 bits per heavy atom. The zero-order chi connectivity index (χ0) is 8.43. The van der Waals surface area contributed by atoms with Gasteiger partial charge in [-0.15, -0.1) is 0 Å². The second-order valence-corrected chi connectivity index (χ2v) is 3.12. The minimum Gasteiger partial charge on any atom is -0.460 e. The summed E-state index contributed by atoms with van der Waals surface area (Å²) in [5.41, 5.74) is 0. The Morgan fingerprint density at radius 2 is 2.27 bits per heavy atom. The molecule has 1 rings (SSSR count). The van der Waals surface area contributed by atoms with Gasteiger partial charge >= 0.3 is 5.97 Å². The summed E-state index contributed by atoms with van der Waals surface area (Å²) in [7, 11) is 2.03. The van der Waals surface area contributed by atoms with Gasteiger partial charge in [0.15, 0.2) is 0 Å². The number of cyclic esters (lactones) is 1. The highest BCUT2D eigenvalue weighted by molar-refractivity contribution is 5.78. The van der Waals surface area contributed by atoms with E-state index in [1.54, 1.807) is 0 Å². The molecule has 0 spiro atoms. The van der Waals surface area contributed by atoms with Gasteiger partial charge in [0.05, 0.1) is 5.92 Å². The summed E-state index contributed by atoms with van der Waals surface area (Å²) in [6.07, 6.45) is 0.132. The van der Waals surface area contributed by atoms with E-state index in [9.17, 15) is 4.79 Å². The molecule has 0 bridgehead atoms. The number of hydrogen-bond donors (Lipinski definition) is 0. The highest BCUT2D eigenvalue weighted by Crippen LogP contribution is 2.21. The summed E-state index contributed by atoms with van der Waals surface area (Å²) in [6, 6.07) is 0. The van der Waals surface area contributed by atoms with Crippen LogP contribution in [0.1, 0.15) is 13.8 Å². The molecule has 1 fully saturated rings. The predicted molar refractivity (Wildman–Crippen MR) is 42.2 cm³/mol. The fraction of sp³-hybridized carbons (Fsp3) is 0.875. The quantitative estimate of drug-likeness (QED) is 0.559. The Morgan fingerprint density at radius 3 is 2.64 bits per heavy atom. The number of esters is 1. The molecule has 0 aromatic rings. The standard InChI is InChI=1S/C8H15NO2/c1-4-9(3)5-7-6(2)8(10)11-7/h6-7H,4-5H2,1-3H3. The van der Waals surface area contributed by atoms with Crippen molar-refractivity contribution in [1.29, 1.82) is 0 Å². The fourth-order valence-corrected chi connectivity index (χ4v) is 1.07. The number of carbonyl (C=O) groups is 1. The third kappa shape index (κ3) is 1.71. The van der Waals surface area contributed by atoms with Crippen LogP contribution >= 0.6 is 0 Å². The number of hydrogen-bond acceptors (Lipinski definition) is 3. The minimum atomic E-state index is -0.0560. The monoisotopic (exact) mass is 157 g/mol. The lowest BCUT2D eigenvalue weighted by Crippen LogP contribution is -2.49. The van der Waals surface area contributed by atoms with Crippen molar-refractivity contribution in [2.45, 2.75) is 20.0 Å². The number of rotatable bonds is 3. The molecule has 0 aromatic carbocycles. The maximum Gasteiger partial charge on any atom is 0.312 e. The van der Waals surface area contributed by atoms with Gasteiger partial charge < -0.3 is 9.64 Å². The molecule has 0 radical (unpaired) electrons. The molecule has 0 N–H and O–H groups in total. The molecule has 3 heteroatoms. The minimum absolute atomic E-state index is 0.0560. The molecular formula is C8H15NO2. The maximum atomic E-state index is 10.7. The van der Waals surface area contributed by atoms with E-state index in [0.717, 1.165) is 13.1 Å². The molecule has 0 aromatic heterocycles. The van der Waals surface area contributed by atoms with Gasteiger partial charge in [0, 0.05) is 6.54 Å². The molecule has 0 saturated carbocycles. The molecule has 1 saturated heterocycles. The van der Waals surface area contributed by atoms with E-state index in [2.05, 4.69) is 11.8 Å². The Labute approximate surface area is 67.3 Å². The van der Waals surface area contributed by atoms with Gasteiger partial charge in [-0.3, -0.25) is 4.79 Å². The molecule has 11 heavy (non-hydrogen) atoms. The zero-order valence-electron chi connectivity index (χ0n) is 7.33. The van der Waals surface area contributed by atoms with Gasteiger partial charge in [-0.2, -0.15) is 0 Å². The molecule has 2 unspecified atom stereocenters. The first kappa shape index (κ1) is 8.53. The summed E-state index contributed by atoms with van der Waals surface area (Å²) in [6.45, 7) is 5.87. The summed E-state index contributed by atoms with van der Waals surface area (Å²) in [5, 5.41) is 0. The topological polar surface area (TPSA) is 29.5 Å². The molecule has 1 heterocycles. The maximum absolute atomic E-state index is 10.7. The van der Waals surface area contributed by atoms with Crippen LogP contribution in [0, 0.1) is 5.92 Å². The molecule has 1 aliphatic rings. The first-order chi connectivity index (χ1) is 5.15. The molecule has 3 nitrogen and oxygen atoms in total. The SMILES string of the molecule is CCN(C)CC1OC(=O)C1C. The fourth-order valence-electron chi connectivity index (χ4n) is 1.07. The third-order valence-corrected chi connectivity index (χ3v) is 2.23. The van der Waals surface area contributed by atoms with E-state index in [0.29, 0.717) is 0 Å². The molecular weight excluding hydrogens is 142 g/mol. The molecule has 64 valence electrons. The molecule has 2 atom stereocenters. The van der Waals surface area contributed by atoms with Crippen LogP contribution in [-0.4, -0.2) is 37.1 Å². The second-order valence-electron chi connectivity index (χ2n) is 3.12. The van der Waals surface area contributed by atoms with Crippen LogP contribution in [0.4, 0.5) is 0 Å². The van der Waals surface area contributed by atoms with Crippen LogP contribution in [0.3, 0.4) is 0 Å². The van der Waals surface area contributed by atoms with Crippen molar-refractivity contribution in [1.82, 2.24) is 4.90 Å². The van der Waals surface area contributed by atoms with Crippen molar-refractivity contribution in [2.75, 3.05) is 20.1 Å². The Bertz CT molecular complexity index is 158. The summed E-state index contributed by atoms with van der Waals surface area (Å²) in [4.78, 5) is 12.8. The summed E-state index contributed by atoms with van der Waals surface area (Å²) < 4.78 is 4.94. The Kier molecular flexibility index (Phi) is 2.49. The number of nitrogens with zero attached hydrogens (tertiary/aromatic N) is 1. The largest absolute Gasteiger partial charge is 0.460 e. The van der Waals surface area contributed by atoms with Crippen molar-refractivity contribution >= 4 is 5.97 Å². The van der Waals surface area contributed by atoms with Crippen molar-refractivity contribution < 1.29 is 9.53 Å². The first-order valence-corrected chi connectivity index (χ1v) is 4.04. The van der Waals surface area contributed by atoms with E-state index < -0.39 is 0 Å². The first-order valence-electron chi connectivity index (χ1n) is 4.04. The Balaban J connectivity index is 2.24. The third-order valence-electron chi connectivity index (χ3n) is 2.23. The van der Waals surface area contributed by atoms with E-state index in [4.69, 9.17) is 4.74 Å². The predicted octanol–water partition coefficient (Wildman–Crippen LogP) is 0.500. The van der Waals surface area contributed by atoms with Crippen molar-refractivity contribution in [2.24, 2.45) is 5.92 Å². The lowest BCUT2D eigenvalue weighted by atomic mass is 9.99. The van der Waals surface area contributed by atoms with Crippen LogP contribution in [0.5, 0.6) is 0 Å². The van der Waals surface area contributed by atoms with E-state index in [1.165, 1.54) is 0 Å².